The van der Waals surface area contributed by atoms with Gasteiger partial charge in [0.15, 0.2) is 0 Å². The number of nitrogen functional groups attached to an aromatic ring is 1. The monoisotopic (exact) mass is 256 g/mol. The lowest BCUT2D eigenvalue weighted by Crippen LogP contribution is -2.27. The molecule has 0 aliphatic heterocycles. The van der Waals surface area contributed by atoms with Gasteiger partial charge in [-0.1, -0.05) is 12.1 Å². The third kappa shape index (κ3) is 3.38. The molecule has 3 rings (SSSR count). The first-order chi connectivity index (χ1) is 9.31. The van der Waals surface area contributed by atoms with Crippen molar-refractivity contribution in [2.24, 2.45) is 0 Å². The molecule has 0 unspecified atom stereocenters. The van der Waals surface area contributed by atoms with Gasteiger partial charge in [0, 0.05) is 18.3 Å². The number of nitrogens with zero attached hydrogens (tertiary/aromatic N) is 1. The molecule has 100 valence electrons. The Morgan fingerprint density at radius 1 is 1.16 bits per heavy atom. The minimum absolute atomic E-state index is 0.749. The van der Waals surface area contributed by atoms with Crippen molar-refractivity contribution in [2.45, 2.75) is 31.8 Å². The molecule has 2 aromatic rings. The number of hydrogen-bond acceptors (Lipinski definition) is 3. The molecule has 0 atom stereocenters. The SMILES string of the molecule is Nc1ccc(CCN(Cc2ccco2)C2CC2)cc1. The highest BCUT2D eigenvalue weighted by atomic mass is 16.3. The van der Waals surface area contributed by atoms with Crippen LogP contribution in [-0.4, -0.2) is 17.5 Å². The molecule has 1 aliphatic rings. The van der Waals surface area contributed by atoms with Gasteiger partial charge in [-0.25, -0.2) is 0 Å². The molecular weight excluding hydrogens is 236 g/mol. The predicted molar refractivity (Wildman–Crippen MR) is 76.7 cm³/mol. The summed E-state index contributed by atoms with van der Waals surface area (Å²) in [6.45, 7) is 2.00. The van der Waals surface area contributed by atoms with E-state index in [1.807, 2.05) is 18.2 Å². The molecule has 0 amide bonds. The Hall–Kier alpha value is -1.74. The molecule has 0 bridgehead atoms. The van der Waals surface area contributed by atoms with Crippen molar-refractivity contribution in [2.75, 3.05) is 12.3 Å². The summed E-state index contributed by atoms with van der Waals surface area (Å²) in [5.41, 5.74) is 7.89. The summed E-state index contributed by atoms with van der Waals surface area (Å²) < 4.78 is 5.45. The summed E-state index contributed by atoms with van der Waals surface area (Å²) in [5, 5.41) is 0. The number of benzene rings is 1. The van der Waals surface area contributed by atoms with Gasteiger partial charge in [-0.3, -0.25) is 4.90 Å². The molecule has 1 aromatic heterocycles. The maximum absolute atomic E-state index is 5.71. The third-order valence-corrected chi connectivity index (χ3v) is 3.67. The minimum atomic E-state index is 0.749. The maximum atomic E-state index is 5.71. The van der Waals surface area contributed by atoms with Crippen LogP contribution in [0.25, 0.3) is 0 Å². The van der Waals surface area contributed by atoms with E-state index in [1.54, 1.807) is 6.26 Å². The fourth-order valence-electron chi connectivity index (χ4n) is 2.39. The molecule has 0 saturated heterocycles. The molecule has 1 saturated carbocycles. The normalized spacial score (nSPS) is 15.0. The van der Waals surface area contributed by atoms with Crippen LogP contribution in [-0.2, 0) is 13.0 Å². The van der Waals surface area contributed by atoms with Crippen molar-refractivity contribution < 1.29 is 4.42 Å². The van der Waals surface area contributed by atoms with Crippen LogP contribution < -0.4 is 5.73 Å². The third-order valence-electron chi connectivity index (χ3n) is 3.67. The van der Waals surface area contributed by atoms with E-state index in [9.17, 15) is 0 Å². The van der Waals surface area contributed by atoms with Gasteiger partial charge in [0.1, 0.15) is 5.76 Å². The maximum Gasteiger partial charge on any atom is 0.117 e. The zero-order valence-electron chi connectivity index (χ0n) is 11.1. The van der Waals surface area contributed by atoms with Crippen LogP contribution in [0, 0.1) is 0 Å². The highest BCUT2D eigenvalue weighted by Gasteiger charge is 2.29. The van der Waals surface area contributed by atoms with E-state index >= 15 is 0 Å². The second-order valence-electron chi connectivity index (χ2n) is 5.27. The summed E-state index contributed by atoms with van der Waals surface area (Å²) in [4.78, 5) is 2.52. The summed E-state index contributed by atoms with van der Waals surface area (Å²) in [6, 6.07) is 12.9. The zero-order valence-corrected chi connectivity index (χ0v) is 11.1. The second-order valence-corrected chi connectivity index (χ2v) is 5.27. The fourth-order valence-corrected chi connectivity index (χ4v) is 2.39. The molecule has 1 aromatic carbocycles. The zero-order chi connectivity index (χ0) is 13.1. The molecule has 1 aliphatic carbocycles. The van der Waals surface area contributed by atoms with E-state index in [4.69, 9.17) is 10.2 Å². The minimum Gasteiger partial charge on any atom is -0.468 e. The molecule has 3 heteroatoms. The highest BCUT2D eigenvalue weighted by molar-refractivity contribution is 5.39. The van der Waals surface area contributed by atoms with Crippen molar-refractivity contribution >= 4 is 5.69 Å². The Morgan fingerprint density at radius 3 is 2.58 bits per heavy atom. The van der Waals surface area contributed by atoms with Crippen LogP contribution in [0.15, 0.2) is 47.1 Å². The van der Waals surface area contributed by atoms with Gasteiger partial charge in [-0.2, -0.15) is 0 Å². The number of anilines is 1. The van der Waals surface area contributed by atoms with E-state index in [1.165, 1.54) is 18.4 Å². The van der Waals surface area contributed by atoms with Crippen molar-refractivity contribution in [3.05, 3.63) is 54.0 Å². The van der Waals surface area contributed by atoms with Crippen molar-refractivity contribution in [3.63, 3.8) is 0 Å². The van der Waals surface area contributed by atoms with Crippen LogP contribution in [0.3, 0.4) is 0 Å². The van der Waals surface area contributed by atoms with Gasteiger partial charge < -0.3 is 10.2 Å². The first kappa shape index (κ1) is 12.3. The lowest BCUT2D eigenvalue weighted by atomic mass is 10.1. The Kier molecular flexibility index (Phi) is 3.56. The molecule has 3 nitrogen and oxygen atoms in total. The summed E-state index contributed by atoms with van der Waals surface area (Å²) in [6.07, 6.45) is 5.46. The number of furan rings is 1. The van der Waals surface area contributed by atoms with Crippen LogP contribution in [0.5, 0.6) is 0 Å². The van der Waals surface area contributed by atoms with Gasteiger partial charge in [-0.15, -0.1) is 0 Å². The van der Waals surface area contributed by atoms with Crippen molar-refractivity contribution in [1.29, 1.82) is 0 Å². The standard InChI is InChI=1S/C16H20N2O/c17-14-5-3-13(4-6-14)9-10-18(15-7-8-15)12-16-2-1-11-19-16/h1-6,11,15H,7-10,12,17H2. The molecule has 1 fully saturated rings. The largest absolute Gasteiger partial charge is 0.468 e. The molecule has 19 heavy (non-hydrogen) atoms. The number of rotatable bonds is 6. The number of hydrogen-bond donors (Lipinski definition) is 1. The van der Waals surface area contributed by atoms with Crippen LogP contribution >= 0.6 is 0 Å². The van der Waals surface area contributed by atoms with Gasteiger partial charge in [0.25, 0.3) is 0 Å². The van der Waals surface area contributed by atoms with E-state index < -0.39 is 0 Å². The van der Waals surface area contributed by atoms with Gasteiger partial charge in [0.05, 0.1) is 12.8 Å². The lowest BCUT2D eigenvalue weighted by molar-refractivity contribution is 0.236. The van der Waals surface area contributed by atoms with Crippen LogP contribution in [0.2, 0.25) is 0 Å². The molecule has 0 radical (unpaired) electrons. The average Bonchev–Trinajstić information content (AvgIpc) is 3.14. The van der Waals surface area contributed by atoms with Crippen LogP contribution in [0.1, 0.15) is 24.2 Å². The Balaban J connectivity index is 1.57. The number of nitrogens with two attached hydrogens (primary N) is 1. The average molecular weight is 256 g/mol. The summed E-state index contributed by atoms with van der Waals surface area (Å²) in [5.74, 6) is 1.06. The Morgan fingerprint density at radius 2 is 1.95 bits per heavy atom. The smallest absolute Gasteiger partial charge is 0.117 e. The molecule has 0 spiro atoms. The van der Waals surface area contributed by atoms with Crippen molar-refractivity contribution in [3.8, 4) is 0 Å². The quantitative estimate of drug-likeness (QED) is 0.808. The Labute approximate surface area is 114 Å². The fraction of sp³-hybridized carbons (Fsp3) is 0.375. The van der Waals surface area contributed by atoms with Gasteiger partial charge in [0.2, 0.25) is 0 Å². The molecule has 2 N–H and O–H groups in total. The first-order valence-corrected chi connectivity index (χ1v) is 6.92. The van der Waals surface area contributed by atoms with E-state index in [2.05, 4.69) is 23.1 Å². The van der Waals surface area contributed by atoms with Gasteiger partial charge in [-0.05, 0) is 49.1 Å². The van der Waals surface area contributed by atoms with Crippen molar-refractivity contribution in [1.82, 2.24) is 4.90 Å². The van der Waals surface area contributed by atoms with Crippen LogP contribution in [0.4, 0.5) is 5.69 Å². The summed E-state index contributed by atoms with van der Waals surface area (Å²) in [7, 11) is 0. The lowest BCUT2D eigenvalue weighted by Gasteiger charge is -2.20. The second kappa shape index (κ2) is 5.49. The molecule has 1 heterocycles. The topological polar surface area (TPSA) is 42.4 Å². The van der Waals surface area contributed by atoms with Gasteiger partial charge >= 0.3 is 0 Å². The molecular formula is C16H20N2O. The highest BCUT2D eigenvalue weighted by Crippen LogP contribution is 2.28. The Bertz CT molecular complexity index is 500. The van der Waals surface area contributed by atoms with E-state index in [0.29, 0.717) is 0 Å². The first-order valence-electron chi connectivity index (χ1n) is 6.92. The predicted octanol–water partition coefficient (Wildman–Crippen LogP) is 3.07. The summed E-state index contributed by atoms with van der Waals surface area (Å²) >= 11 is 0. The van der Waals surface area contributed by atoms with E-state index in [-0.39, 0.29) is 0 Å². The van der Waals surface area contributed by atoms with E-state index in [0.717, 1.165) is 37.0 Å².